The van der Waals surface area contributed by atoms with Gasteiger partial charge in [0.2, 0.25) is 0 Å². The summed E-state index contributed by atoms with van der Waals surface area (Å²) in [6.45, 7) is 3.82. The molecular formula is C7H8BrNO. The van der Waals surface area contributed by atoms with Crippen LogP contribution in [0.25, 0.3) is 0 Å². The summed E-state index contributed by atoms with van der Waals surface area (Å²) < 4.78 is 0.995. The Balaban J connectivity index is 3.30. The van der Waals surface area contributed by atoms with E-state index in [0.29, 0.717) is 5.69 Å². The number of halogens is 1. The van der Waals surface area contributed by atoms with E-state index < -0.39 is 0 Å². The highest BCUT2D eigenvalue weighted by atomic mass is 79.9. The lowest BCUT2D eigenvalue weighted by molar-refractivity contribution is 0.111. The molecule has 1 rings (SSSR count). The predicted octanol–water partition coefficient (Wildman–Crippen LogP) is 2.21. The number of aryl methyl sites for hydroxylation is 1. The van der Waals surface area contributed by atoms with Crippen molar-refractivity contribution in [3.63, 3.8) is 0 Å². The molecule has 3 heteroatoms. The molecule has 0 aliphatic heterocycles. The minimum Gasteiger partial charge on any atom is -0.355 e. The van der Waals surface area contributed by atoms with Crippen molar-refractivity contribution >= 4 is 22.2 Å². The van der Waals surface area contributed by atoms with Crippen LogP contribution in [0.2, 0.25) is 0 Å². The van der Waals surface area contributed by atoms with Crippen molar-refractivity contribution in [2.24, 2.45) is 0 Å². The fraction of sp³-hybridized carbons (Fsp3) is 0.286. The van der Waals surface area contributed by atoms with Gasteiger partial charge in [-0.05, 0) is 35.3 Å². The summed E-state index contributed by atoms with van der Waals surface area (Å²) in [5.74, 6) is 0. The van der Waals surface area contributed by atoms with Crippen LogP contribution in [0.1, 0.15) is 21.7 Å². The molecule has 0 spiro atoms. The van der Waals surface area contributed by atoms with E-state index >= 15 is 0 Å². The van der Waals surface area contributed by atoms with E-state index in [9.17, 15) is 4.79 Å². The first-order valence-corrected chi connectivity index (χ1v) is 3.76. The molecule has 0 aliphatic rings. The number of hydrogen-bond donors (Lipinski definition) is 1. The fourth-order valence-electron chi connectivity index (χ4n) is 0.868. The molecule has 0 unspecified atom stereocenters. The van der Waals surface area contributed by atoms with E-state index in [0.717, 1.165) is 22.0 Å². The molecule has 0 bridgehead atoms. The number of hydrogen-bond acceptors (Lipinski definition) is 1. The average molecular weight is 202 g/mol. The van der Waals surface area contributed by atoms with Crippen LogP contribution in [-0.4, -0.2) is 11.3 Å². The Hall–Kier alpha value is -0.570. The van der Waals surface area contributed by atoms with Crippen molar-refractivity contribution in [1.82, 2.24) is 4.98 Å². The Morgan fingerprint density at radius 1 is 1.50 bits per heavy atom. The van der Waals surface area contributed by atoms with Gasteiger partial charge in [-0.25, -0.2) is 0 Å². The molecule has 0 saturated heterocycles. The lowest BCUT2D eigenvalue weighted by Crippen LogP contribution is -1.80. The monoisotopic (exact) mass is 201 g/mol. The molecule has 0 amide bonds. The molecule has 54 valence electrons. The van der Waals surface area contributed by atoms with Crippen molar-refractivity contribution in [3.05, 3.63) is 21.4 Å². The fourth-order valence-corrected chi connectivity index (χ4v) is 1.18. The largest absolute Gasteiger partial charge is 0.355 e. The SMILES string of the molecule is Cc1[nH]c(C=O)c(C)c1Br. The van der Waals surface area contributed by atoms with Gasteiger partial charge in [0.1, 0.15) is 0 Å². The van der Waals surface area contributed by atoms with Crippen molar-refractivity contribution in [2.45, 2.75) is 13.8 Å². The van der Waals surface area contributed by atoms with Gasteiger partial charge in [-0.15, -0.1) is 0 Å². The molecule has 2 nitrogen and oxygen atoms in total. The van der Waals surface area contributed by atoms with E-state index in [2.05, 4.69) is 20.9 Å². The maximum absolute atomic E-state index is 10.3. The first-order valence-electron chi connectivity index (χ1n) is 2.96. The number of carbonyl (C=O) groups excluding carboxylic acids is 1. The van der Waals surface area contributed by atoms with Gasteiger partial charge in [0.25, 0.3) is 0 Å². The van der Waals surface area contributed by atoms with Gasteiger partial charge >= 0.3 is 0 Å². The summed E-state index contributed by atoms with van der Waals surface area (Å²) in [7, 11) is 0. The summed E-state index contributed by atoms with van der Waals surface area (Å²) >= 11 is 3.35. The van der Waals surface area contributed by atoms with Gasteiger partial charge < -0.3 is 4.98 Å². The predicted molar refractivity (Wildman–Crippen MR) is 43.4 cm³/mol. The van der Waals surface area contributed by atoms with Gasteiger partial charge in [-0.3, -0.25) is 4.79 Å². The third-order valence-corrected chi connectivity index (χ3v) is 2.69. The minimum absolute atomic E-state index is 0.657. The van der Waals surface area contributed by atoms with E-state index in [4.69, 9.17) is 0 Å². The minimum atomic E-state index is 0.657. The van der Waals surface area contributed by atoms with Crippen molar-refractivity contribution in [2.75, 3.05) is 0 Å². The topological polar surface area (TPSA) is 32.9 Å². The zero-order valence-electron chi connectivity index (χ0n) is 5.86. The number of aromatic amines is 1. The number of H-pyrrole nitrogens is 1. The summed E-state index contributed by atoms with van der Waals surface area (Å²) in [4.78, 5) is 13.3. The second-order valence-electron chi connectivity index (χ2n) is 2.22. The lowest BCUT2D eigenvalue weighted by atomic mass is 10.3. The molecule has 1 N–H and O–H groups in total. The molecule has 0 aliphatic carbocycles. The van der Waals surface area contributed by atoms with E-state index in [-0.39, 0.29) is 0 Å². The molecule has 0 aromatic carbocycles. The van der Waals surface area contributed by atoms with Gasteiger partial charge in [0.15, 0.2) is 6.29 Å². The molecule has 0 saturated carbocycles. The van der Waals surface area contributed by atoms with Gasteiger partial charge in [0.05, 0.1) is 5.69 Å². The smallest absolute Gasteiger partial charge is 0.166 e. The zero-order valence-corrected chi connectivity index (χ0v) is 7.45. The summed E-state index contributed by atoms with van der Waals surface area (Å²) in [6, 6.07) is 0. The first-order chi connectivity index (χ1) is 4.66. The van der Waals surface area contributed by atoms with Crippen LogP contribution in [0.4, 0.5) is 0 Å². The summed E-state index contributed by atoms with van der Waals surface area (Å²) in [5.41, 5.74) is 2.64. The Labute approximate surface area is 67.8 Å². The Bertz CT molecular complexity index is 265. The average Bonchev–Trinajstić information content (AvgIpc) is 2.17. The lowest BCUT2D eigenvalue weighted by Gasteiger charge is -1.85. The molecule has 0 atom stereocenters. The maximum atomic E-state index is 10.3. The summed E-state index contributed by atoms with van der Waals surface area (Å²) in [6.07, 6.45) is 0.826. The number of aromatic nitrogens is 1. The number of carbonyl (C=O) groups is 1. The second-order valence-corrected chi connectivity index (χ2v) is 3.01. The zero-order chi connectivity index (χ0) is 7.72. The van der Waals surface area contributed by atoms with E-state index in [1.165, 1.54) is 0 Å². The standard InChI is InChI=1S/C7H8BrNO/c1-4-6(3-10)9-5(2)7(4)8/h3,9H,1-2H3. The highest BCUT2D eigenvalue weighted by Gasteiger charge is 2.06. The molecule has 1 aromatic rings. The van der Waals surface area contributed by atoms with Crippen molar-refractivity contribution in [3.8, 4) is 0 Å². The molecule has 0 radical (unpaired) electrons. The van der Waals surface area contributed by atoms with Gasteiger partial charge in [-0.2, -0.15) is 0 Å². The van der Waals surface area contributed by atoms with E-state index in [1.807, 2.05) is 13.8 Å². The van der Waals surface area contributed by atoms with Crippen LogP contribution >= 0.6 is 15.9 Å². The van der Waals surface area contributed by atoms with Crippen LogP contribution in [0.15, 0.2) is 4.47 Å². The number of nitrogens with one attached hydrogen (secondary N) is 1. The Kier molecular flexibility index (Phi) is 1.94. The number of rotatable bonds is 1. The maximum Gasteiger partial charge on any atom is 0.166 e. The van der Waals surface area contributed by atoms with Crippen LogP contribution in [0, 0.1) is 13.8 Å². The molecule has 10 heavy (non-hydrogen) atoms. The normalized spacial score (nSPS) is 9.90. The molecule has 1 heterocycles. The highest BCUT2D eigenvalue weighted by Crippen LogP contribution is 2.22. The van der Waals surface area contributed by atoms with Gasteiger partial charge in [0, 0.05) is 10.2 Å². The Morgan fingerprint density at radius 3 is 2.30 bits per heavy atom. The van der Waals surface area contributed by atoms with Crippen LogP contribution in [0.3, 0.4) is 0 Å². The second kappa shape index (κ2) is 2.58. The van der Waals surface area contributed by atoms with Crippen LogP contribution in [-0.2, 0) is 0 Å². The van der Waals surface area contributed by atoms with Crippen molar-refractivity contribution in [1.29, 1.82) is 0 Å². The first kappa shape index (κ1) is 7.54. The Morgan fingerprint density at radius 2 is 2.10 bits per heavy atom. The quantitative estimate of drug-likeness (QED) is 0.695. The summed E-state index contributed by atoms with van der Waals surface area (Å²) in [5, 5.41) is 0. The number of aldehydes is 1. The third-order valence-electron chi connectivity index (χ3n) is 1.50. The van der Waals surface area contributed by atoms with Crippen molar-refractivity contribution < 1.29 is 4.79 Å². The molecular weight excluding hydrogens is 194 g/mol. The van der Waals surface area contributed by atoms with Gasteiger partial charge in [-0.1, -0.05) is 0 Å². The van der Waals surface area contributed by atoms with Crippen LogP contribution in [0.5, 0.6) is 0 Å². The molecule has 0 fully saturated rings. The van der Waals surface area contributed by atoms with Crippen LogP contribution < -0.4 is 0 Å². The van der Waals surface area contributed by atoms with E-state index in [1.54, 1.807) is 0 Å². The third kappa shape index (κ3) is 1.01. The highest BCUT2D eigenvalue weighted by molar-refractivity contribution is 9.10. The molecule has 1 aromatic heterocycles.